The van der Waals surface area contributed by atoms with Gasteiger partial charge in [0.15, 0.2) is 0 Å². The van der Waals surface area contributed by atoms with Gasteiger partial charge in [0.05, 0.1) is 5.69 Å². The molecule has 0 saturated heterocycles. The Morgan fingerprint density at radius 1 is 1.12 bits per heavy atom. The van der Waals surface area contributed by atoms with Crippen molar-refractivity contribution in [1.82, 2.24) is 0 Å². The normalized spacial score (nSPS) is 10.2. The summed E-state index contributed by atoms with van der Waals surface area (Å²) in [6, 6.07) is 11.9. The Balaban J connectivity index is 2.04. The van der Waals surface area contributed by atoms with Crippen LogP contribution < -0.4 is 10.5 Å². The van der Waals surface area contributed by atoms with E-state index in [9.17, 15) is 4.39 Å². The van der Waals surface area contributed by atoms with Gasteiger partial charge in [0, 0.05) is 10.5 Å². The molecule has 0 aliphatic heterocycles. The van der Waals surface area contributed by atoms with E-state index in [0.29, 0.717) is 18.0 Å². The molecule has 4 heteroatoms. The summed E-state index contributed by atoms with van der Waals surface area (Å²) < 4.78 is 19.3. The molecule has 2 rings (SSSR count). The van der Waals surface area contributed by atoms with Crippen molar-refractivity contribution < 1.29 is 9.13 Å². The zero-order chi connectivity index (χ0) is 12.3. The van der Waals surface area contributed by atoms with Gasteiger partial charge in [-0.1, -0.05) is 28.1 Å². The van der Waals surface area contributed by atoms with Gasteiger partial charge < -0.3 is 10.5 Å². The molecule has 2 N–H and O–H groups in total. The molecule has 0 spiro atoms. The van der Waals surface area contributed by atoms with E-state index < -0.39 is 0 Å². The molecule has 0 bridgehead atoms. The number of anilines is 1. The van der Waals surface area contributed by atoms with Gasteiger partial charge in [-0.2, -0.15) is 0 Å². The molecule has 2 aromatic carbocycles. The standard InChI is InChI=1S/C13H11BrFNO/c14-10-3-1-9(2-4-10)8-17-13-6-5-11(15)7-12(13)16/h1-7H,8,16H2. The van der Waals surface area contributed by atoms with Crippen molar-refractivity contribution in [1.29, 1.82) is 0 Å². The van der Waals surface area contributed by atoms with Crippen molar-refractivity contribution in [2.45, 2.75) is 6.61 Å². The predicted molar refractivity (Wildman–Crippen MR) is 69.3 cm³/mol. The van der Waals surface area contributed by atoms with Crippen LogP contribution in [0.3, 0.4) is 0 Å². The lowest BCUT2D eigenvalue weighted by Gasteiger charge is -2.08. The smallest absolute Gasteiger partial charge is 0.142 e. The van der Waals surface area contributed by atoms with E-state index >= 15 is 0 Å². The second-order valence-corrected chi connectivity index (χ2v) is 4.51. The monoisotopic (exact) mass is 295 g/mol. The van der Waals surface area contributed by atoms with Crippen molar-refractivity contribution in [3.63, 3.8) is 0 Å². The number of rotatable bonds is 3. The minimum atomic E-state index is -0.363. The van der Waals surface area contributed by atoms with E-state index in [1.807, 2.05) is 24.3 Å². The van der Waals surface area contributed by atoms with Gasteiger partial charge in [-0.3, -0.25) is 0 Å². The van der Waals surface area contributed by atoms with Crippen molar-refractivity contribution in [2.24, 2.45) is 0 Å². The van der Waals surface area contributed by atoms with Crippen LogP contribution in [0, 0.1) is 5.82 Å². The first-order chi connectivity index (χ1) is 8.15. The third-order valence-electron chi connectivity index (χ3n) is 2.28. The third-order valence-corrected chi connectivity index (χ3v) is 2.81. The minimum absolute atomic E-state index is 0.308. The molecule has 0 aliphatic rings. The zero-order valence-corrected chi connectivity index (χ0v) is 10.6. The molecule has 17 heavy (non-hydrogen) atoms. The first-order valence-corrected chi connectivity index (χ1v) is 5.87. The molecule has 2 aromatic rings. The van der Waals surface area contributed by atoms with Gasteiger partial charge in [0.2, 0.25) is 0 Å². The predicted octanol–water partition coefficient (Wildman–Crippen LogP) is 3.75. The number of nitrogen functional groups attached to an aromatic ring is 1. The maximum absolute atomic E-state index is 12.8. The molecule has 0 radical (unpaired) electrons. The lowest BCUT2D eigenvalue weighted by Crippen LogP contribution is -1.99. The van der Waals surface area contributed by atoms with Gasteiger partial charge in [0.1, 0.15) is 18.2 Å². The number of hydrogen-bond acceptors (Lipinski definition) is 2. The summed E-state index contributed by atoms with van der Waals surface area (Å²) in [4.78, 5) is 0. The van der Waals surface area contributed by atoms with E-state index in [4.69, 9.17) is 10.5 Å². The van der Waals surface area contributed by atoms with Crippen molar-refractivity contribution in [3.05, 3.63) is 58.3 Å². The fourth-order valence-electron chi connectivity index (χ4n) is 1.39. The second-order valence-electron chi connectivity index (χ2n) is 3.60. The summed E-state index contributed by atoms with van der Waals surface area (Å²) in [5, 5.41) is 0. The van der Waals surface area contributed by atoms with E-state index in [1.54, 1.807) is 0 Å². The SMILES string of the molecule is Nc1cc(F)ccc1OCc1ccc(Br)cc1. The lowest BCUT2D eigenvalue weighted by atomic mass is 10.2. The summed E-state index contributed by atoms with van der Waals surface area (Å²) >= 11 is 3.36. The van der Waals surface area contributed by atoms with Crippen LogP contribution in [-0.4, -0.2) is 0 Å². The Hall–Kier alpha value is -1.55. The summed E-state index contributed by atoms with van der Waals surface area (Å²) in [7, 11) is 0. The molecular formula is C13H11BrFNO. The average molecular weight is 296 g/mol. The molecular weight excluding hydrogens is 285 g/mol. The molecule has 0 fully saturated rings. The highest BCUT2D eigenvalue weighted by Gasteiger charge is 2.02. The fraction of sp³-hybridized carbons (Fsp3) is 0.0769. The number of nitrogens with two attached hydrogens (primary N) is 1. The van der Waals surface area contributed by atoms with Gasteiger partial charge in [-0.25, -0.2) is 4.39 Å². The van der Waals surface area contributed by atoms with Crippen LogP contribution in [0.15, 0.2) is 46.9 Å². The number of halogens is 2. The summed E-state index contributed by atoms with van der Waals surface area (Å²) in [6.45, 7) is 0.406. The van der Waals surface area contributed by atoms with E-state index in [-0.39, 0.29) is 5.82 Å². The van der Waals surface area contributed by atoms with Gasteiger partial charge in [-0.05, 0) is 29.8 Å². The van der Waals surface area contributed by atoms with Crippen LogP contribution in [-0.2, 0) is 6.61 Å². The molecule has 0 aromatic heterocycles. The molecule has 0 atom stereocenters. The fourth-order valence-corrected chi connectivity index (χ4v) is 1.66. The van der Waals surface area contributed by atoms with Crippen LogP contribution in [0.25, 0.3) is 0 Å². The van der Waals surface area contributed by atoms with Crippen LogP contribution in [0.5, 0.6) is 5.75 Å². The Morgan fingerprint density at radius 2 is 1.82 bits per heavy atom. The van der Waals surface area contributed by atoms with Crippen LogP contribution in [0.4, 0.5) is 10.1 Å². The van der Waals surface area contributed by atoms with Gasteiger partial charge >= 0.3 is 0 Å². The Bertz CT molecular complexity index is 513. The molecule has 0 unspecified atom stereocenters. The van der Waals surface area contributed by atoms with E-state index in [0.717, 1.165) is 10.0 Å². The highest BCUT2D eigenvalue weighted by atomic mass is 79.9. The summed E-state index contributed by atoms with van der Waals surface area (Å²) in [5.41, 5.74) is 6.97. The minimum Gasteiger partial charge on any atom is -0.487 e. The van der Waals surface area contributed by atoms with Crippen LogP contribution >= 0.6 is 15.9 Å². The first-order valence-electron chi connectivity index (χ1n) is 5.07. The van der Waals surface area contributed by atoms with Gasteiger partial charge in [0.25, 0.3) is 0 Å². The highest BCUT2D eigenvalue weighted by Crippen LogP contribution is 2.23. The Morgan fingerprint density at radius 3 is 2.47 bits per heavy atom. The second kappa shape index (κ2) is 5.19. The maximum Gasteiger partial charge on any atom is 0.142 e. The third kappa shape index (κ3) is 3.20. The van der Waals surface area contributed by atoms with E-state index in [1.165, 1.54) is 18.2 Å². The molecule has 88 valence electrons. The van der Waals surface area contributed by atoms with Crippen LogP contribution in [0.1, 0.15) is 5.56 Å². The number of hydrogen-bond donors (Lipinski definition) is 1. The van der Waals surface area contributed by atoms with Crippen molar-refractivity contribution >= 4 is 21.6 Å². The molecule has 0 saturated carbocycles. The molecule has 0 amide bonds. The van der Waals surface area contributed by atoms with E-state index in [2.05, 4.69) is 15.9 Å². The molecule has 0 heterocycles. The summed E-state index contributed by atoms with van der Waals surface area (Å²) in [6.07, 6.45) is 0. The summed E-state index contributed by atoms with van der Waals surface area (Å²) in [5.74, 6) is 0.132. The highest BCUT2D eigenvalue weighted by molar-refractivity contribution is 9.10. The topological polar surface area (TPSA) is 35.2 Å². The Kier molecular flexibility index (Phi) is 3.64. The largest absolute Gasteiger partial charge is 0.487 e. The zero-order valence-electron chi connectivity index (χ0n) is 8.99. The van der Waals surface area contributed by atoms with Gasteiger partial charge in [-0.15, -0.1) is 0 Å². The van der Waals surface area contributed by atoms with Crippen LogP contribution in [0.2, 0.25) is 0 Å². The number of ether oxygens (including phenoxy) is 1. The van der Waals surface area contributed by atoms with Crippen molar-refractivity contribution in [2.75, 3.05) is 5.73 Å². The average Bonchev–Trinajstić information content (AvgIpc) is 2.30. The molecule has 0 aliphatic carbocycles. The lowest BCUT2D eigenvalue weighted by molar-refractivity contribution is 0.307. The maximum atomic E-state index is 12.8. The Labute approximate surface area is 107 Å². The molecule has 2 nitrogen and oxygen atoms in total. The number of benzene rings is 2. The quantitative estimate of drug-likeness (QED) is 0.875. The van der Waals surface area contributed by atoms with Crippen molar-refractivity contribution in [3.8, 4) is 5.75 Å². The first kappa shape index (κ1) is 11.9.